The molecule has 0 aliphatic carbocycles. The highest BCUT2D eigenvalue weighted by atomic mass is 14.9. The Labute approximate surface area is 54.7 Å². The fraction of sp³-hybridized carbons (Fsp3) is 0.571. The van der Waals surface area contributed by atoms with E-state index in [-0.39, 0.29) is 0 Å². The fourth-order valence-electron chi connectivity index (χ4n) is 1.38. The minimum absolute atomic E-state index is 0.655. The lowest BCUT2D eigenvalue weighted by atomic mass is 9.98. The molecule has 0 aromatic carbocycles. The van der Waals surface area contributed by atoms with Gasteiger partial charge in [0.05, 0.1) is 0 Å². The summed E-state index contributed by atoms with van der Waals surface area (Å²) in [5, 5.41) is 3.29. The standard InChI is InChI=1S/C7H10N2/c1-4-9-7-2-3-8-5-6(1)7/h1,3-4,6-7,9H,2,5H2. The van der Waals surface area contributed by atoms with E-state index in [4.69, 9.17) is 0 Å². The van der Waals surface area contributed by atoms with Gasteiger partial charge in [0, 0.05) is 31.1 Å². The SMILES string of the molecule is C1=CC2CN=CCC2N1. The van der Waals surface area contributed by atoms with Crippen LogP contribution in [0, 0.1) is 5.92 Å². The molecular weight excluding hydrogens is 112 g/mol. The number of hydrogen-bond acceptors (Lipinski definition) is 2. The molecule has 0 saturated heterocycles. The van der Waals surface area contributed by atoms with Gasteiger partial charge in [0.25, 0.3) is 0 Å². The van der Waals surface area contributed by atoms with Crippen LogP contribution in [0.4, 0.5) is 0 Å². The Morgan fingerprint density at radius 3 is 3.44 bits per heavy atom. The van der Waals surface area contributed by atoms with Crippen LogP contribution < -0.4 is 5.32 Å². The van der Waals surface area contributed by atoms with Gasteiger partial charge >= 0.3 is 0 Å². The Morgan fingerprint density at radius 1 is 1.56 bits per heavy atom. The first-order chi connectivity index (χ1) is 4.47. The molecule has 2 heterocycles. The summed E-state index contributed by atoms with van der Waals surface area (Å²) >= 11 is 0. The van der Waals surface area contributed by atoms with Gasteiger partial charge in [0.1, 0.15) is 0 Å². The maximum Gasteiger partial charge on any atom is 0.0468 e. The van der Waals surface area contributed by atoms with Crippen molar-refractivity contribution in [3.63, 3.8) is 0 Å². The fourth-order valence-corrected chi connectivity index (χ4v) is 1.38. The smallest absolute Gasteiger partial charge is 0.0468 e. The Kier molecular flexibility index (Phi) is 1.04. The highest BCUT2D eigenvalue weighted by molar-refractivity contribution is 5.59. The van der Waals surface area contributed by atoms with Gasteiger partial charge in [-0.25, -0.2) is 0 Å². The van der Waals surface area contributed by atoms with Crippen LogP contribution in [-0.2, 0) is 0 Å². The van der Waals surface area contributed by atoms with E-state index in [1.54, 1.807) is 0 Å². The summed E-state index contributed by atoms with van der Waals surface area (Å²) in [5.74, 6) is 0.676. The van der Waals surface area contributed by atoms with Crippen molar-refractivity contribution in [3.05, 3.63) is 12.3 Å². The van der Waals surface area contributed by atoms with Crippen molar-refractivity contribution in [3.8, 4) is 0 Å². The second-order valence-corrected chi connectivity index (χ2v) is 2.58. The van der Waals surface area contributed by atoms with Crippen LogP contribution in [0.3, 0.4) is 0 Å². The molecule has 0 aromatic heterocycles. The van der Waals surface area contributed by atoms with Crippen LogP contribution in [0.2, 0.25) is 0 Å². The Balaban J connectivity index is 2.13. The molecule has 2 aliphatic rings. The van der Waals surface area contributed by atoms with Crippen LogP contribution in [-0.4, -0.2) is 18.8 Å². The average molecular weight is 122 g/mol. The highest BCUT2D eigenvalue weighted by Crippen LogP contribution is 2.17. The second-order valence-electron chi connectivity index (χ2n) is 2.58. The van der Waals surface area contributed by atoms with Crippen molar-refractivity contribution >= 4 is 6.21 Å². The third kappa shape index (κ3) is 0.745. The average Bonchev–Trinajstić information content (AvgIpc) is 2.33. The lowest BCUT2D eigenvalue weighted by Gasteiger charge is -2.19. The van der Waals surface area contributed by atoms with Gasteiger partial charge in [-0.2, -0.15) is 0 Å². The summed E-state index contributed by atoms with van der Waals surface area (Å²) in [6.07, 6.45) is 7.37. The van der Waals surface area contributed by atoms with Crippen molar-refractivity contribution in [2.45, 2.75) is 12.5 Å². The molecule has 2 unspecified atom stereocenters. The van der Waals surface area contributed by atoms with E-state index in [2.05, 4.69) is 16.4 Å². The van der Waals surface area contributed by atoms with Gasteiger partial charge in [-0.05, 0) is 6.20 Å². The Morgan fingerprint density at radius 2 is 2.56 bits per heavy atom. The zero-order valence-electron chi connectivity index (χ0n) is 5.25. The molecule has 2 atom stereocenters. The van der Waals surface area contributed by atoms with E-state index >= 15 is 0 Å². The largest absolute Gasteiger partial charge is 0.387 e. The molecule has 9 heavy (non-hydrogen) atoms. The molecule has 0 radical (unpaired) electrons. The van der Waals surface area contributed by atoms with Crippen molar-refractivity contribution in [2.24, 2.45) is 10.9 Å². The quantitative estimate of drug-likeness (QED) is 0.499. The molecule has 0 spiro atoms. The first-order valence-corrected chi connectivity index (χ1v) is 3.38. The topological polar surface area (TPSA) is 24.4 Å². The lowest BCUT2D eigenvalue weighted by molar-refractivity contribution is 0.490. The van der Waals surface area contributed by atoms with E-state index in [1.807, 2.05) is 12.4 Å². The summed E-state index contributed by atoms with van der Waals surface area (Å²) in [6.45, 7) is 0.980. The number of nitrogens with one attached hydrogen (secondary N) is 1. The van der Waals surface area contributed by atoms with Crippen molar-refractivity contribution < 1.29 is 0 Å². The highest BCUT2D eigenvalue weighted by Gasteiger charge is 2.22. The molecule has 0 aromatic rings. The van der Waals surface area contributed by atoms with Crippen molar-refractivity contribution in [1.29, 1.82) is 0 Å². The zero-order valence-corrected chi connectivity index (χ0v) is 5.25. The molecule has 1 N–H and O–H groups in total. The van der Waals surface area contributed by atoms with Crippen LogP contribution >= 0.6 is 0 Å². The number of rotatable bonds is 0. The molecule has 0 bridgehead atoms. The van der Waals surface area contributed by atoms with Gasteiger partial charge in [0.15, 0.2) is 0 Å². The predicted molar refractivity (Wildman–Crippen MR) is 37.5 cm³/mol. The molecule has 0 amide bonds. The summed E-state index contributed by atoms with van der Waals surface area (Å²) in [5.41, 5.74) is 0. The minimum Gasteiger partial charge on any atom is -0.387 e. The second kappa shape index (κ2) is 1.87. The summed E-state index contributed by atoms with van der Waals surface area (Å²) in [7, 11) is 0. The van der Waals surface area contributed by atoms with Crippen LogP contribution in [0.1, 0.15) is 6.42 Å². The summed E-state index contributed by atoms with van der Waals surface area (Å²) in [6, 6.07) is 0.655. The normalized spacial score (nSPS) is 38.2. The monoisotopic (exact) mass is 122 g/mol. The predicted octanol–water partition coefficient (Wildman–Crippen LogP) is 0.563. The molecule has 2 aliphatic heterocycles. The van der Waals surface area contributed by atoms with Crippen molar-refractivity contribution in [1.82, 2.24) is 5.32 Å². The molecular formula is C7H10N2. The van der Waals surface area contributed by atoms with Gasteiger partial charge in [-0.15, -0.1) is 0 Å². The maximum absolute atomic E-state index is 4.20. The van der Waals surface area contributed by atoms with Gasteiger partial charge < -0.3 is 5.32 Å². The van der Waals surface area contributed by atoms with E-state index in [9.17, 15) is 0 Å². The molecule has 0 fully saturated rings. The zero-order chi connectivity index (χ0) is 6.10. The third-order valence-corrected chi connectivity index (χ3v) is 1.98. The van der Waals surface area contributed by atoms with E-state index in [0.29, 0.717) is 12.0 Å². The lowest BCUT2D eigenvalue weighted by Crippen LogP contribution is -2.31. The minimum atomic E-state index is 0.655. The molecule has 0 saturated carbocycles. The third-order valence-electron chi connectivity index (χ3n) is 1.98. The first kappa shape index (κ1) is 5.03. The Bertz CT molecular complexity index is 160. The summed E-state index contributed by atoms with van der Waals surface area (Å²) < 4.78 is 0. The van der Waals surface area contributed by atoms with Gasteiger partial charge in [-0.1, -0.05) is 6.08 Å². The van der Waals surface area contributed by atoms with Crippen LogP contribution in [0.25, 0.3) is 0 Å². The molecule has 2 nitrogen and oxygen atoms in total. The number of nitrogens with zero attached hydrogens (tertiary/aromatic N) is 1. The van der Waals surface area contributed by atoms with Gasteiger partial charge in [-0.3, -0.25) is 4.99 Å². The van der Waals surface area contributed by atoms with E-state index in [0.717, 1.165) is 13.0 Å². The van der Waals surface area contributed by atoms with Gasteiger partial charge in [0.2, 0.25) is 0 Å². The number of aliphatic imine (C=N–C) groups is 1. The Hall–Kier alpha value is -0.790. The van der Waals surface area contributed by atoms with E-state index in [1.165, 1.54) is 0 Å². The van der Waals surface area contributed by atoms with Crippen molar-refractivity contribution in [2.75, 3.05) is 6.54 Å². The van der Waals surface area contributed by atoms with E-state index < -0.39 is 0 Å². The number of fused-ring (bicyclic) bond motifs is 1. The summed E-state index contributed by atoms with van der Waals surface area (Å²) in [4.78, 5) is 4.20. The van der Waals surface area contributed by atoms with Crippen LogP contribution in [0.5, 0.6) is 0 Å². The first-order valence-electron chi connectivity index (χ1n) is 3.38. The maximum atomic E-state index is 4.20. The molecule has 2 heteroatoms. The molecule has 2 rings (SSSR count). The number of hydrogen-bond donors (Lipinski definition) is 1. The molecule has 48 valence electrons. The van der Waals surface area contributed by atoms with Crippen LogP contribution in [0.15, 0.2) is 17.3 Å².